The van der Waals surface area contributed by atoms with E-state index in [1.54, 1.807) is 6.07 Å². The van der Waals surface area contributed by atoms with Crippen LogP contribution >= 0.6 is 0 Å². The molecule has 0 aliphatic carbocycles. The van der Waals surface area contributed by atoms with Crippen molar-refractivity contribution in [2.45, 2.75) is 28.7 Å². The van der Waals surface area contributed by atoms with Crippen LogP contribution in [0.3, 0.4) is 0 Å². The summed E-state index contributed by atoms with van der Waals surface area (Å²) in [5.74, 6) is 1.53. The topological polar surface area (TPSA) is 40.6 Å². The van der Waals surface area contributed by atoms with Gasteiger partial charge in [-0.05, 0) is 42.9 Å². The van der Waals surface area contributed by atoms with Crippen LogP contribution in [-0.4, -0.2) is 45.5 Å². The van der Waals surface area contributed by atoms with E-state index < -0.39 is 9.84 Å². The maximum absolute atomic E-state index is 13.0. The van der Waals surface area contributed by atoms with Gasteiger partial charge in [-0.1, -0.05) is 24.3 Å². The first-order chi connectivity index (χ1) is 12.6. The zero-order valence-electron chi connectivity index (χ0n) is 14.6. The molecule has 0 aromatic heterocycles. The van der Waals surface area contributed by atoms with Gasteiger partial charge in [-0.15, -0.1) is 0 Å². The van der Waals surface area contributed by atoms with E-state index in [0.29, 0.717) is 21.8 Å². The Morgan fingerprint density at radius 2 is 1.62 bits per heavy atom. The molecule has 5 aliphatic rings. The summed E-state index contributed by atoms with van der Waals surface area (Å²) in [6.45, 7) is 4.65. The van der Waals surface area contributed by atoms with E-state index in [1.807, 2.05) is 30.3 Å². The van der Waals surface area contributed by atoms with Crippen LogP contribution in [0.5, 0.6) is 0 Å². The molecule has 4 bridgehead atoms. The molecule has 7 rings (SSSR count). The van der Waals surface area contributed by atoms with Crippen LogP contribution in [0, 0.1) is 11.8 Å². The first-order valence-electron chi connectivity index (χ1n) is 9.57. The largest absolute Gasteiger partial charge is 0.367 e. The number of anilines is 1. The highest BCUT2D eigenvalue weighted by molar-refractivity contribution is 7.92. The number of hydrogen-bond acceptors (Lipinski definition) is 4. The number of fused-ring (bicyclic) bond motifs is 4. The molecule has 0 amide bonds. The molecule has 0 N–H and O–H groups in total. The summed E-state index contributed by atoms with van der Waals surface area (Å²) in [6, 6.07) is 14.0. The predicted octanol–water partition coefficient (Wildman–Crippen LogP) is 3.03. The number of benzene rings is 2. The third-order valence-corrected chi connectivity index (χ3v) is 8.57. The molecule has 2 aromatic rings. The minimum absolute atomic E-state index is 0.453. The van der Waals surface area contributed by atoms with Crippen molar-refractivity contribution < 1.29 is 8.42 Å². The third kappa shape index (κ3) is 2.01. The fraction of sp³-hybridized carbons (Fsp3) is 0.429. The second kappa shape index (κ2) is 5.11. The van der Waals surface area contributed by atoms with Gasteiger partial charge in [-0.2, -0.15) is 0 Å². The van der Waals surface area contributed by atoms with Crippen LogP contribution < -0.4 is 4.90 Å². The molecule has 4 fully saturated rings. The summed E-state index contributed by atoms with van der Waals surface area (Å²) < 4.78 is 26.1. The molecule has 5 heterocycles. The first-order valence-corrected chi connectivity index (χ1v) is 11.1. The van der Waals surface area contributed by atoms with E-state index in [4.69, 9.17) is 0 Å². The maximum Gasteiger partial charge on any atom is 0.207 e. The Labute approximate surface area is 154 Å². The number of nitrogens with zero attached hydrogens (tertiary/aromatic N) is 2. The minimum Gasteiger partial charge on any atom is -0.367 e. The van der Waals surface area contributed by atoms with Gasteiger partial charge in [0.2, 0.25) is 9.84 Å². The van der Waals surface area contributed by atoms with Crippen LogP contribution in [-0.2, 0) is 9.84 Å². The second-order valence-electron chi connectivity index (χ2n) is 8.41. The van der Waals surface area contributed by atoms with Crippen molar-refractivity contribution in [3.05, 3.63) is 42.5 Å². The molecular formula is C21H22N2O2S. The Bertz CT molecular complexity index is 1000. The van der Waals surface area contributed by atoms with Crippen molar-refractivity contribution >= 4 is 15.5 Å². The monoisotopic (exact) mass is 366 g/mol. The normalized spacial score (nSPS) is 33.0. The van der Waals surface area contributed by atoms with Gasteiger partial charge < -0.3 is 9.80 Å². The molecule has 0 saturated carbocycles. The molecule has 134 valence electrons. The minimum atomic E-state index is -3.40. The zero-order valence-corrected chi connectivity index (χ0v) is 15.5. The average molecular weight is 366 g/mol. The smallest absolute Gasteiger partial charge is 0.207 e. The molecule has 0 spiro atoms. The van der Waals surface area contributed by atoms with Crippen LogP contribution in [0.2, 0.25) is 0 Å². The Balaban J connectivity index is 1.46. The van der Waals surface area contributed by atoms with Gasteiger partial charge in [-0.3, -0.25) is 0 Å². The summed E-state index contributed by atoms with van der Waals surface area (Å²) in [5, 5.41) is 0. The second-order valence-corrected chi connectivity index (χ2v) is 10.3. The SMILES string of the molecule is O=S1(=O)c2ccccc2-c2ccc(N3CC4CC5CC3CN(C5)C4)cc21. The lowest BCUT2D eigenvalue weighted by Gasteiger charge is -2.42. The fourth-order valence-corrected chi connectivity index (χ4v) is 7.49. The number of sulfone groups is 1. The Morgan fingerprint density at radius 3 is 2.50 bits per heavy atom. The first kappa shape index (κ1) is 15.2. The summed E-state index contributed by atoms with van der Waals surface area (Å²) in [7, 11) is -3.40. The quantitative estimate of drug-likeness (QED) is 0.664. The van der Waals surface area contributed by atoms with Gasteiger partial charge in [0.05, 0.1) is 9.79 Å². The number of piperidine rings is 2. The Morgan fingerprint density at radius 1 is 0.808 bits per heavy atom. The van der Waals surface area contributed by atoms with Crippen molar-refractivity contribution in [1.82, 2.24) is 4.90 Å². The molecule has 5 heteroatoms. The van der Waals surface area contributed by atoms with Crippen LogP contribution in [0.25, 0.3) is 11.1 Å². The highest BCUT2D eigenvalue weighted by Gasteiger charge is 2.42. The molecule has 4 atom stereocenters. The van der Waals surface area contributed by atoms with Gasteiger partial charge in [0.1, 0.15) is 0 Å². The third-order valence-electron chi connectivity index (χ3n) is 6.72. The van der Waals surface area contributed by atoms with E-state index in [-0.39, 0.29) is 0 Å². The van der Waals surface area contributed by atoms with E-state index in [9.17, 15) is 8.42 Å². The summed E-state index contributed by atoms with van der Waals surface area (Å²) in [4.78, 5) is 6.06. The van der Waals surface area contributed by atoms with Crippen molar-refractivity contribution in [1.29, 1.82) is 0 Å². The molecule has 4 unspecified atom stereocenters. The highest BCUT2D eigenvalue weighted by Crippen LogP contribution is 2.45. The van der Waals surface area contributed by atoms with Crippen LogP contribution in [0.15, 0.2) is 52.3 Å². The molecule has 4 saturated heterocycles. The van der Waals surface area contributed by atoms with E-state index in [2.05, 4.69) is 15.9 Å². The van der Waals surface area contributed by atoms with E-state index >= 15 is 0 Å². The molecule has 0 radical (unpaired) electrons. The van der Waals surface area contributed by atoms with Gasteiger partial charge in [-0.25, -0.2) is 8.42 Å². The van der Waals surface area contributed by atoms with Crippen molar-refractivity contribution in [3.8, 4) is 11.1 Å². The molecule has 2 aromatic carbocycles. The lowest BCUT2D eigenvalue weighted by atomic mass is 9.84. The predicted molar refractivity (Wildman–Crippen MR) is 101 cm³/mol. The van der Waals surface area contributed by atoms with Gasteiger partial charge >= 0.3 is 0 Å². The van der Waals surface area contributed by atoms with Gasteiger partial charge in [0.15, 0.2) is 0 Å². The van der Waals surface area contributed by atoms with E-state index in [1.165, 1.54) is 25.9 Å². The lowest BCUT2D eigenvalue weighted by molar-refractivity contribution is 0.0980. The number of rotatable bonds is 1. The summed E-state index contributed by atoms with van der Waals surface area (Å²) >= 11 is 0. The Kier molecular flexibility index (Phi) is 2.99. The summed E-state index contributed by atoms with van der Waals surface area (Å²) in [6.07, 6.45) is 2.58. The number of hydrogen-bond donors (Lipinski definition) is 0. The Hall–Kier alpha value is -1.85. The maximum atomic E-state index is 13.0. The lowest BCUT2D eigenvalue weighted by Crippen LogP contribution is -2.49. The molecule has 5 aliphatic heterocycles. The van der Waals surface area contributed by atoms with Crippen molar-refractivity contribution in [2.75, 3.05) is 31.1 Å². The van der Waals surface area contributed by atoms with Crippen LogP contribution in [0.1, 0.15) is 12.8 Å². The highest BCUT2D eigenvalue weighted by atomic mass is 32.2. The van der Waals surface area contributed by atoms with Crippen molar-refractivity contribution in [2.24, 2.45) is 11.8 Å². The molecule has 26 heavy (non-hydrogen) atoms. The molecule has 4 nitrogen and oxygen atoms in total. The van der Waals surface area contributed by atoms with E-state index in [0.717, 1.165) is 35.8 Å². The van der Waals surface area contributed by atoms with Gasteiger partial charge in [0.25, 0.3) is 0 Å². The fourth-order valence-electron chi connectivity index (χ4n) is 5.78. The van der Waals surface area contributed by atoms with Crippen molar-refractivity contribution in [3.63, 3.8) is 0 Å². The zero-order chi connectivity index (χ0) is 17.5. The van der Waals surface area contributed by atoms with Crippen LogP contribution in [0.4, 0.5) is 5.69 Å². The standard InChI is InChI=1S/C21H22N2O2S/c24-26(25)20-4-2-1-3-18(20)19-6-5-16(9-21(19)26)23-12-15-7-14-8-17(23)13-22(10-14)11-15/h1-6,9,14-15,17H,7-8,10-13H2. The summed E-state index contributed by atoms with van der Waals surface area (Å²) in [5.41, 5.74) is 2.78. The average Bonchev–Trinajstić information content (AvgIpc) is 2.71. The molecular weight excluding hydrogens is 344 g/mol. The van der Waals surface area contributed by atoms with Gasteiger partial charge in [0, 0.05) is 49.0 Å².